The van der Waals surface area contributed by atoms with Gasteiger partial charge in [-0.15, -0.1) is 0 Å². The molecule has 0 aliphatic carbocycles. The number of hydrogen-bond donors (Lipinski definition) is 1. The van der Waals surface area contributed by atoms with Crippen molar-refractivity contribution in [3.05, 3.63) is 57.8 Å². The van der Waals surface area contributed by atoms with E-state index in [-0.39, 0.29) is 0 Å². The van der Waals surface area contributed by atoms with Crippen molar-refractivity contribution >= 4 is 33.2 Å². The largest absolute Gasteiger partial charge is 0.330 e. The van der Waals surface area contributed by atoms with Crippen molar-refractivity contribution in [2.75, 3.05) is 6.54 Å². The molecule has 3 nitrogen and oxygen atoms in total. The van der Waals surface area contributed by atoms with Gasteiger partial charge in [0.15, 0.2) is 0 Å². The third-order valence-electron chi connectivity index (χ3n) is 3.18. The molecule has 0 unspecified atom stereocenters. The van der Waals surface area contributed by atoms with Crippen LogP contribution < -0.4 is 5.73 Å². The standard InChI is InChI=1S/C15H13BrClN3/c16-11-3-6-14-19-15(10-1-4-12(17)5-2-10)13(7-8-18)20(14)9-11/h1-6,9H,7-8,18H2. The molecule has 0 bridgehead atoms. The Morgan fingerprint density at radius 3 is 2.60 bits per heavy atom. The highest BCUT2D eigenvalue weighted by atomic mass is 79.9. The number of hydrogen-bond acceptors (Lipinski definition) is 2. The maximum Gasteiger partial charge on any atom is 0.137 e. The average Bonchev–Trinajstić information content (AvgIpc) is 2.79. The van der Waals surface area contributed by atoms with E-state index in [2.05, 4.69) is 20.3 Å². The first-order valence-electron chi connectivity index (χ1n) is 6.31. The van der Waals surface area contributed by atoms with Crippen molar-refractivity contribution in [1.29, 1.82) is 0 Å². The molecule has 1 aromatic carbocycles. The fourth-order valence-corrected chi connectivity index (χ4v) is 2.74. The van der Waals surface area contributed by atoms with E-state index in [1.54, 1.807) is 0 Å². The zero-order valence-electron chi connectivity index (χ0n) is 10.7. The monoisotopic (exact) mass is 349 g/mol. The van der Waals surface area contributed by atoms with Crippen LogP contribution in [0.15, 0.2) is 47.1 Å². The smallest absolute Gasteiger partial charge is 0.137 e. The topological polar surface area (TPSA) is 43.3 Å². The Hall–Kier alpha value is -1.36. The molecular formula is C15H13BrClN3. The van der Waals surface area contributed by atoms with Crippen LogP contribution in [0.1, 0.15) is 5.69 Å². The third kappa shape index (κ3) is 2.46. The van der Waals surface area contributed by atoms with E-state index in [1.165, 1.54) is 0 Å². The van der Waals surface area contributed by atoms with E-state index in [0.29, 0.717) is 6.54 Å². The Balaban J connectivity index is 2.23. The fraction of sp³-hybridized carbons (Fsp3) is 0.133. The molecule has 0 radical (unpaired) electrons. The van der Waals surface area contributed by atoms with Gasteiger partial charge in [0.05, 0.1) is 11.4 Å². The number of imidazole rings is 1. The van der Waals surface area contributed by atoms with Gasteiger partial charge in [-0.2, -0.15) is 0 Å². The second-order valence-corrected chi connectivity index (χ2v) is 5.88. The normalized spacial score (nSPS) is 11.2. The number of aromatic nitrogens is 2. The van der Waals surface area contributed by atoms with Crippen LogP contribution >= 0.6 is 27.5 Å². The lowest BCUT2D eigenvalue weighted by molar-refractivity contribution is 0.906. The summed E-state index contributed by atoms with van der Waals surface area (Å²) in [6.45, 7) is 0.584. The second kappa shape index (κ2) is 5.56. The Bertz CT molecular complexity index is 750. The van der Waals surface area contributed by atoms with Crippen LogP contribution in [0.3, 0.4) is 0 Å². The number of fused-ring (bicyclic) bond motifs is 1. The highest BCUT2D eigenvalue weighted by Gasteiger charge is 2.13. The predicted octanol–water partition coefficient (Wildman–Crippen LogP) is 3.92. The summed E-state index contributed by atoms with van der Waals surface area (Å²) in [4.78, 5) is 4.72. The minimum absolute atomic E-state index is 0.584. The first-order valence-corrected chi connectivity index (χ1v) is 7.48. The predicted molar refractivity (Wildman–Crippen MR) is 86.1 cm³/mol. The van der Waals surface area contributed by atoms with Gasteiger partial charge < -0.3 is 10.1 Å². The summed E-state index contributed by atoms with van der Waals surface area (Å²) in [5.41, 5.74) is 9.80. The number of pyridine rings is 1. The van der Waals surface area contributed by atoms with E-state index < -0.39 is 0 Å². The summed E-state index contributed by atoms with van der Waals surface area (Å²) in [7, 11) is 0. The van der Waals surface area contributed by atoms with Gasteiger partial charge in [0, 0.05) is 27.7 Å². The van der Waals surface area contributed by atoms with Crippen molar-refractivity contribution < 1.29 is 0 Å². The number of rotatable bonds is 3. The fourth-order valence-electron chi connectivity index (χ4n) is 2.28. The number of halogens is 2. The third-order valence-corrected chi connectivity index (χ3v) is 3.90. The Morgan fingerprint density at radius 1 is 1.15 bits per heavy atom. The van der Waals surface area contributed by atoms with Crippen molar-refractivity contribution in [1.82, 2.24) is 9.38 Å². The lowest BCUT2D eigenvalue weighted by atomic mass is 10.1. The molecule has 0 aliphatic heterocycles. The second-order valence-electron chi connectivity index (χ2n) is 4.53. The summed E-state index contributed by atoms with van der Waals surface area (Å²) in [5.74, 6) is 0. The number of nitrogens with two attached hydrogens (primary N) is 1. The van der Waals surface area contributed by atoms with Gasteiger partial charge in [0.1, 0.15) is 5.65 Å². The van der Waals surface area contributed by atoms with E-state index in [9.17, 15) is 0 Å². The molecule has 2 N–H and O–H groups in total. The SMILES string of the molecule is NCCc1c(-c2ccc(Cl)cc2)nc2ccc(Br)cn12. The van der Waals surface area contributed by atoms with Crippen molar-refractivity contribution in [2.24, 2.45) is 5.73 Å². The molecule has 0 fully saturated rings. The summed E-state index contributed by atoms with van der Waals surface area (Å²) in [5, 5.41) is 0.723. The lowest BCUT2D eigenvalue weighted by Crippen LogP contribution is -2.06. The summed E-state index contributed by atoms with van der Waals surface area (Å²) in [6.07, 6.45) is 2.79. The van der Waals surface area contributed by atoms with Gasteiger partial charge in [-0.25, -0.2) is 4.98 Å². The summed E-state index contributed by atoms with van der Waals surface area (Å²) >= 11 is 9.44. The van der Waals surface area contributed by atoms with Crippen LogP contribution in [0.4, 0.5) is 0 Å². The zero-order valence-corrected chi connectivity index (χ0v) is 13.0. The molecule has 3 aromatic rings. The van der Waals surface area contributed by atoms with Crippen LogP contribution in [0, 0.1) is 0 Å². The van der Waals surface area contributed by atoms with E-state index in [0.717, 1.165) is 38.5 Å². The Labute approximate surface area is 130 Å². The van der Waals surface area contributed by atoms with Gasteiger partial charge in [0.2, 0.25) is 0 Å². The molecule has 3 rings (SSSR count). The van der Waals surface area contributed by atoms with Gasteiger partial charge in [-0.3, -0.25) is 0 Å². The quantitative estimate of drug-likeness (QED) is 0.778. The molecule has 5 heteroatoms. The van der Waals surface area contributed by atoms with Gasteiger partial charge in [-0.05, 0) is 46.7 Å². The number of nitrogens with zero attached hydrogens (tertiary/aromatic N) is 2. The first-order chi connectivity index (χ1) is 9.69. The summed E-state index contributed by atoms with van der Waals surface area (Å²) in [6, 6.07) is 11.7. The molecule has 2 aromatic heterocycles. The van der Waals surface area contributed by atoms with Gasteiger partial charge in [-0.1, -0.05) is 23.7 Å². The number of benzene rings is 1. The molecular weight excluding hydrogens is 338 g/mol. The van der Waals surface area contributed by atoms with Crippen LogP contribution in [0.25, 0.3) is 16.9 Å². The maximum atomic E-state index is 5.95. The molecule has 20 heavy (non-hydrogen) atoms. The molecule has 0 amide bonds. The molecule has 2 heterocycles. The van der Waals surface area contributed by atoms with Crippen LogP contribution in [0.2, 0.25) is 5.02 Å². The molecule has 0 saturated heterocycles. The van der Waals surface area contributed by atoms with Gasteiger partial charge >= 0.3 is 0 Å². The molecule has 0 spiro atoms. The van der Waals surface area contributed by atoms with E-state index >= 15 is 0 Å². The zero-order chi connectivity index (χ0) is 14.1. The van der Waals surface area contributed by atoms with Crippen LogP contribution in [0.5, 0.6) is 0 Å². The Morgan fingerprint density at radius 2 is 1.90 bits per heavy atom. The molecule has 102 valence electrons. The van der Waals surface area contributed by atoms with E-state index in [4.69, 9.17) is 22.3 Å². The van der Waals surface area contributed by atoms with Crippen molar-refractivity contribution in [3.63, 3.8) is 0 Å². The van der Waals surface area contributed by atoms with Crippen molar-refractivity contribution in [2.45, 2.75) is 6.42 Å². The molecule has 0 aliphatic rings. The van der Waals surface area contributed by atoms with E-state index in [1.807, 2.05) is 42.6 Å². The minimum Gasteiger partial charge on any atom is -0.330 e. The van der Waals surface area contributed by atoms with Crippen LogP contribution in [-0.4, -0.2) is 15.9 Å². The minimum atomic E-state index is 0.584. The summed E-state index contributed by atoms with van der Waals surface area (Å²) < 4.78 is 3.10. The average molecular weight is 351 g/mol. The molecule has 0 saturated carbocycles. The Kier molecular flexibility index (Phi) is 3.78. The first kappa shape index (κ1) is 13.6. The highest BCUT2D eigenvalue weighted by molar-refractivity contribution is 9.10. The lowest BCUT2D eigenvalue weighted by Gasteiger charge is -2.04. The highest BCUT2D eigenvalue weighted by Crippen LogP contribution is 2.27. The van der Waals surface area contributed by atoms with Crippen LogP contribution in [-0.2, 0) is 6.42 Å². The molecule has 0 atom stereocenters. The maximum absolute atomic E-state index is 5.95. The van der Waals surface area contributed by atoms with Crippen molar-refractivity contribution in [3.8, 4) is 11.3 Å². The van der Waals surface area contributed by atoms with Gasteiger partial charge in [0.25, 0.3) is 0 Å².